The molecule has 1 N–H and O–H groups in total. The lowest BCUT2D eigenvalue weighted by Gasteiger charge is -2.32. The van der Waals surface area contributed by atoms with Crippen molar-refractivity contribution in [1.29, 1.82) is 0 Å². The Morgan fingerprint density at radius 1 is 1.20 bits per heavy atom. The summed E-state index contributed by atoms with van der Waals surface area (Å²) in [6.45, 7) is 2.54. The van der Waals surface area contributed by atoms with Crippen molar-refractivity contribution in [3.63, 3.8) is 0 Å². The van der Waals surface area contributed by atoms with Crippen molar-refractivity contribution in [3.8, 4) is 0 Å². The number of hydrogen-bond acceptors (Lipinski definition) is 3. The smallest absolute Gasteiger partial charge is 0.342 e. The van der Waals surface area contributed by atoms with Crippen molar-refractivity contribution in [1.82, 2.24) is 10.2 Å². The lowest BCUT2D eigenvalue weighted by molar-refractivity contribution is -0.137. The van der Waals surface area contributed by atoms with Crippen molar-refractivity contribution in [2.24, 2.45) is 5.92 Å². The van der Waals surface area contributed by atoms with Gasteiger partial charge in [-0.3, -0.25) is 4.79 Å². The van der Waals surface area contributed by atoms with Gasteiger partial charge in [-0.1, -0.05) is 6.07 Å². The van der Waals surface area contributed by atoms with Crippen LogP contribution in [-0.4, -0.2) is 42.2 Å². The van der Waals surface area contributed by atoms with Gasteiger partial charge in [0.25, 0.3) is 0 Å². The zero-order valence-electron chi connectivity index (χ0n) is 14.0. The molecule has 1 aromatic carbocycles. The first-order valence-electron chi connectivity index (χ1n) is 8.73. The molecule has 3 nitrogen and oxygen atoms in total. The molecule has 25 heavy (non-hydrogen) atoms. The number of carbonyl (C=O) groups excluding carboxylic acids is 1. The number of rotatable bonds is 6. The van der Waals surface area contributed by atoms with Crippen LogP contribution in [0.4, 0.5) is 13.2 Å². The van der Waals surface area contributed by atoms with E-state index in [9.17, 15) is 18.0 Å². The van der Waals surface area contributed by atoms with Crippen molar-refractivity contribution in [3.05, 3.63) is 29.8 Å². The van der Waals surface area contributed by atoms with Crippen LogP contribution >= 0.6 is 11.8 Å². The summed E-state index contributed by atoms with van der Waals surface area (Å²) in [7, 11) is 0. The standard InChI is InChI=1S/C18H23F3N2OS/c19-18(20,21)14-2-1-3-16(10-14)25-12-17(24)23-8-6-15(7-9-23)22-11-13-4-5-13/h1-3,10,13,15,22H,4-9,11-12H2. The van der Waals surface area contributed by atoms with Crippen molar-refractivity contribution < 1.29 is 18.0 Å². The molecule has 1 aromatic rings. The van der Waals surface area contributed by atoms with Gasteiger partial charge in [0.15, 0.2) is 0 Å². The first-order valence-corrected chi connectivity index (χ1v) is 9.71. The van der Waals surface area contributed by atoms with Crippen LogP contribution in [0.3, 0.4) is 0 Å². The summed E-state index contributed by atoms with van der Waals surface area (Å²) in [5, 5.41) is 3.57. The van der Waals surface area contributed by atoms with Gasteiger partial charge in [0.1, 0.15) is 0 Å². The number of benzene rings is 1. The highest BCUT2D eigenvalue weighted by molar-refractivity contribution is 8.00. The van der Waals surface area contributed by atoms with Crippen LogP contribution in [0.15, 0.2) is 29.2 Å². The van der Waals surface area contributed by atoms with E-state index < -0.39 is 11.7 Å². The minimum Gasteiger partial charge on any atom is -0.342 e. The van der Waals surface area contributed by atoms with Crippen molar-refractivity contribution in [2.75, 3.05) is 25.4 Å². The van der Waals surface area contributed by atoms with Crippen LogP contribution < -0.4 is 5.32 Å². The quantitative estimate of drug-likeness (QED) is 0.771. The summed E-state index contributed by atoms with van der Waals surface area (Å²) in [6, 6.07) is 5.63. The van der Waals surface area contributed by atoms with Gasteiger partial charge in [0.2, 0.25) is 5.91 Å². The fraction of sp³-hybridized carbons (Fsp3) is 0.611. The van der Waals surface area contributed by atoms with Crippen LogP contribution in [0.25, 0.3) is 0 Å². The first kappa shape index (κ1) is 18.6. The number of hydrogen-bond donors (Lipinski definition) is 1. The number of amides is 1. The summed E-state index contributed by atoms with van der Waals surface area (Å²) in [5.74, 6) is 1.04. The SMILES string of the molecule is O=C(CSc1cccc(C(F)(F)F)c1)N1CCC(NCC2CC2)CC1. The number of nitrogens with one attached hydrogen (secondary N) is 1. The molecule has 0 spiro atoms. The number of nitrogens with zero attached hydrogens (tertiary/aromatic N) is 1. The molecule has 138 valence electrons. The van der Waals surface area contributed by atoms with Gasteiger partial charge < -0.3 is 10.2 Å². The lowest BCUT2D eigenvalue weighted by atomic mass is 10.0. The maximum Gasteiger partial charge on any atom is 0.416 e. The third kappa shape index (κ3) is 5.64. The molecule has 0 aromatic heterocycles. The topological polar surface area (TPSA) is 32.3 Å². The van der Waals surface area contributed by atoms with Crippen LogP contribution in [-0.2, 0) is 11.0 Å². The van der Waals surface area contributed by atoms with Gasteiger partial charge in [-0.05, 0) is 56.3 Å². The van der Waals surface area contributed by atoms with E-state index in [4.69, 9.17) is 0 Å². The summed E-state index contributed by atoms with van der Waals surface area (Å²) < 4.78 is 38.2. The number of carbonyl (C=O) groups is 1. The van der Waals surface area contributed by atoms with Gasteiger partial charge >= 0.3 is 6.18 Å². The highest BCUT2D eigenvalue weighted by Gasteiger charge is 2.30. The Morgan fingerprint density at radius 3 is 2.56 bits per heavy atom. The fourth-order valence-corrected chi connectivity index (χ4v) is 3.84. The molecule has 3 rings (SSSR count). The van der Waals surface area contributed by atoms with Crippen LogP contribution in [0.1, 0.15) is 31.2 Å². The van der Waals surface area contributed by atoms with Crippen LogP contribution in [0, 0.1) is 5.92 Å². The Labute approximate surface area is 150 Å². The minimum atomic E-state index is -4.35. The first-order chi connectivity index (χ1) is 11.9. The molecular formula is C18H23F3N2OS. The number of alkyl halides is 3. The Balaban J connectivity index is 1.42. The number of likely N-dealkylation sites (tertiary alicyclic amines) is 1. The Morgan fingerprint density at radius 2 is 1.92 bits per heavy atom. The predicted molar refractivity (Wildman–Crippen MR) is 92.5 cm³/mol. The van der Waals surface area contributed by atoms with Crippen molar-refractivity contribution in [2.45, 2.75) is 42.8 Å². The van der Waals surface area contributed by atoms with E-state index in [0.29, 0.717) is 10.9 Å². The number of thioether (sulfide) groups is 1. The molecule has 1 amide bonds. The van der Waals surface area contributed by atoms with Gasteiger partial charge in [0.05, 0.1) is 11.3 Å². The highest BCUT2D eigenvalue weighted by Crippen LogP contribution is 2.32. The molecule has 1 saturated carbocycles. The molecule has 0 bridgehead atoms. The number of piperidine rings is 1. The van der Waals surface area contributed by atoms with E-state index in [2.05, 4.69) is 5.32 Å². The minimum absolute atomic E-state index is 0.00283. The monoisotopic (exact) mass is 372 g/mol. The normalized spacial score (nSPS) is 19.2. The molecule has 1 heterocycles. The van der Waals surface area contributed by atoms with E-state index in [1.807, 2.05) is 4.90 Å². The second-order valence-electron chi connectivity index (χ2n) is 6.82. The molecule has 0 atom stereocenters. The molecule has 0 unspecified atom stereocenters. The molecule has 0 radical (unpaired) electrons. The largest absolute Gasteiger partial charge is 0.416 e. The zero-order chi connectivity index (χ0) is 17.9. The summed E-state index contributed by atoms with van der Waals surface area (Å²) in [4.78, 5) is 14.6. The maximum absolute atomic E-state index is 12.7. The Kier molecular flexibility index (Phi) is 5.94. The Hall–Kier alpha value is -1.21. The predicted octanol–water partition coefficient (Wildman–Crippen LogP) is 3.79. The second kappa shape index (κ2) is 7.99. The summed E-state index contributed by atoms with van der Waals surface area (Å²) in [6.07, 6.45) is 0.212. The fourth-order valence-electron chi connectivity index (χ4n) is 2.99. The summed E-state index contributed by atoms with van der Waals surface area (Å²) in [5.41, 5.74) is -0.674. The summed E-state index contributed by atoms with van der Waals surface area (Å²) >= 11 is 1.17. The molecule has 1 aliphatic carbocycles. The van der Waals surface area contributed by atoms with Crippen LogP contribution in [0.5, 0.6) is 0 Å². The van der Waals surface area contributed by atoms with E-state index in [0.717, 1.165) is 50.5 Å². The van der Waals surface area contributed by atoms with E-state index in [-0.39, 0.29) is 11.7 Å². The zero-order valence-corrected chi connectivity index (χ0v) is 14.8. The molecule has 2 aliphatic rings. The van der Waals surface area contributed by atoms with E-state index in [1.54, 1.807) is 6.07 Å². The molecular weight excluding hydrogens is 349 g/mol. The van der Waals surface area contributed by atoms with Crippen LogP contribution in [0.2, 0.25) is 0 Å². The highest BCUT2D eigenvalue weighted by atomic mass is 32.2. The average Bonchev–Trinajstić information content (AvgIpc) is 3.42. The lowest BCUT2D eigenvalue weighted by Crippen LogP contribution is -2.45. The van der Waals surface area contributed by atoms with Crippen molar-refractivity contribution >= 4 is 17.7 Å². The van der Waals surface area contributed by atoms with E-state index in [1.165, 1.54) is 30.7 Å². The van der Waals surface area contributed by atoms with Gasteiger partial charge in [-0.2, -0.15) is 13.2 Å². The molecule has 1 saturated heterocycles. The average molecular weight is 372 g/mol. The van der Waals surface area contributed by atoms with Gasteiger partial charge in [-0.15, -0.1) is 11.8 Å². The van der Waals surface area contributed by atoms with Gasteiger partial charge in [-0.25, -0.2) is 0 Å². The van der Waals surface area contributed by atoms with Gasteiger partial charge in [0, 0.05) is 24.0 Å². The molecule has 1 aliphatic heterocycles. The maximum atomic E-state index is 12.7. The molecule has 7 heteroatoms. The van der Waals surface area contributed by atoms with E-state index >= 15 is 0 Å². The second-order valence-corrected chi connectivity index (χ2v) is 7.87. The third-order valence-corrected chi connectivity index (χ3v) is 5.74. The number of halogens is 3. The third-order valence-electron chi connectivity index (χ3n) is 4.76. The molecule has 2 fully saturated rings. The Bertz CT molecular complexity index is 596.